The van der Waals surface area contributed by atoms with Crippen LogP contribution in [-0.4, -0.2) is 49.1 Å². The number of nitrogens with one attached hydrogen (secondary N) is 1. The molecule has 0 bridgehead atoms. The van der Waals surface area contributed by atoms with Crippen LogP contribution in [0.5, 0.6) is 0 Å². The van der Waals surface area contributed by atoms with Gasteiger partial charge in [0.15, 0.2) is 0 Å². The van der Waals surface area contributed by atoms with Crippen LogP contribution in [0.3, 0.4) is 0 Å². The van der Waals surface area contributed by atoms with Crippen LogP contribution in [-0.2, 0) is 0 Å². The molecule has 0 aromatic rings. The molecule has 106 valence electrons. The summed E-state index contributed by atoms with van der Waals surface area (Å²) in [7, 11) is 2.24. The molecule has 1 N–H and O–H groups in total. The maximum Gasteiger partial charge on any atom is 0.0163 e. The SMILES string of the molecule is CN1CCC(C)(CNC2CSCC(C)(C)C2)CC1. The van der Waals surface area contributed by atoms with Crippen molar-refractivity contribution in [2.45, 2.75) is 46.1 Å². The van der Waals surface area contributed by atoms with E-state index in [9.17, 15) is 0 Å². The second kappa shape index (κ2) is 5.72. The molecule has 0 saturated carbocycles. The molecule has 0 aromatic heterocycles. The third-order valence-electron chi connectivity index (χ3n) is 4.62. The highest BCUT2D eigenvalue weighted by Gasteiger charge is 2.32. The van der Waals surface area contributed by atoms with Gasteiger partial charge < -0.3 is 10.2 Å². The lowest BCUT2D eigenvalue weighted by Gasteiger charge is -2.41. The highest BCUT2D eigenvalue weighted by molar-refractivity contribution is 7.99. The summed E-state index contributed by atoms with van der Waals surface area (Å²) >= 11 is 2.13. The molecule has 18 heavy (non-hydrogen) atoms. The first-order valence-corrected chi connectivity index (χ1v) is 8.54. The molecule has 0 aliphatic carbocycles. The van der Waals surface area contributed by atoms with E-state index in [1.165, 1.54) is 50.4 Å². The third-order valence-corrected chi connectivity index (χ3v) is 6.25. The summed E-state index contributed by atoms with van der Waals surface area (Å²) in [6.45, 7) is 11.0. The first kappa shape index (κ1) is 14.7. The van der Waals surface area contributed by atoms with E-state index in [4.69, 9.17) is 0 Å². The third kappa shape index (κ3) is 4.14. The smallest absolute Gasteiger partial charge is 0.0163 e. The molecule has 3 heteroatoms. The van der Waals surface area contributed by atoms with Crippen LogP contribution in [0.4, 0.5) is 0 Å². The first-order valence-electron chi connectivity index (χ1n) is 7.38. The van der Waals surface area contributed by atoms with Gasteiger partial charge in [-0.05, 0) is 56.0 Å². The molecular weight excluding hydrogens is 240 g/mol. The van der Waals surface area contributed by atoms with Crippen LogP contribution in [0.2, 0.25) is 0 Å². The number of nitrogens with zero attached hydrogens (tertiary/aromatic N) is 1. The van der Waals surface area contributed by atoms with E-state index in [-0.39, 0.29) is 0 Å². The Hall–Kier alpha value is 0.270. The molecule has 2 aliphatic heterocycles. The number of hydrogen-bond donors (Lipinski definition) is 1. The lowest BCUT2D eigenvalue weighted by atomic mass is 9.80. The zero-order valence-corrected chi connectivity index (χ0v) is 13.4. The largest absolute Gasteiger partial charge is 0.313 e. The Labute approximate surface area is 117 Å². The minimum atomic E-state index is 0.522. The predicted octanol–water partition coefficient (Wildman–Crippen LogP) is 2.84. The first-order chi connectivity index (χ1) is 8.39. The zero-order chi connectivity index (χ0) is 13.2. The van der Waals surface area contributed by atoms with Crippen molar-refractivity contribution in [3.8, 4) is 0 Å². The number of rotatable bonds is 3. The maximum absolute atomic E-state index is 3.86. The lowest BCUT2D eigenvalue weighted by molar-refractivity contribution is 0.131. The highest BCUT2D eigenvalue weighted by atomic mass is 32.2. The molecule has 0 spiro atoms. The Balaban J connectivity index is 1.77. The van der Waals surface area contributed by atoms with Gasteiger partial charge >= 0.3 is 0 Å². The van der Waals surface area contributed by atoms with Crippen molar-refractivity contribution in [1.29, 1.82) is 0 Å². The van der Waals surface area contributed by atoms with E-state index in [0.717, 1.165) is 6.04 Å². The minimum absolute atomic E-state index is 0.522. The summed E-state index contributed by atoms with van der Waals surface area (Å²) in [6, 6.07) is 0.732. The molecule has 2 fully saturated rings. The van der Waals surface area contributed by atoms with Crippen molar-refractivity contribution in [1.82, 2.24) is 10.2 Å². The Morgan fingerprint density at radius 3 is 2.50 bits per heavy atom. The van der Waals surface area contributed by atoms with E-state index in [1.54, 1.807) is 0 Å². The Morgan fingerprint density at radius 1 is 1.22 bits per heavy atom. The van der Waals surface area contributed by atoms with Gasteiger partial charge in [0.25, 0.3) is 0 Å². The fraction of sp³-hybridized carbons (Fsp3) is 1.00. The van der Waals surface area contributed by atoms with Crippen molar-refractivity contribution in [3.05, 3.63) is 0 Å². The molecule has 2 aliphatic rings. The van der Waals surface area contributed by atoms with Crippen LogP contribution in [0, 0.1) is 10.8 Å². The van der Waals surface area contributed by atoms with Crippen molar-refractivity contribution >= 4 is 11.8 Å². The monoisotopic (exact) mass is 270 g/mol. The van der Waals surface area contributed by atoms with Gasteiger partial charge in [0.2, 0.25) is 0 Å². The quantitative estimate of drug-likeness (QED) is 0.849. The van der Waals surface area contributed by atoms with Gasteiger partial charge in [-0.15, -0.1) is 0 Å². The average molecular weight is 270 g/mol. The predicted molar refractivity (Wildman–Crippen MR) is 82.4 cm³/mol. The van der Waals surface area contributed by atoms with Gasteiger partial charge in [-0.2, -0.15) is 11.8 Å². The van der Waals surface area contributed by atoms with Gasteiger partial charge in [0, 0.05) is 18.3 Å². The van der Waals surface area contributed by atoms with E-state index in [2.05, 4.69) is 49.8 Å². The molecular formula is C15H30N2S. The molecule has 1 atom stereocenters. The molecule has 2 rings (SSSR count). The second-order valence-electron chi connectivity index (χ2n) is 7.58. The minimum Gasteiger partial charge on any atom is -0.313 e. The number of thioether (sulfide) groups is 1. The summed E-state index contributed by atoms with van der Waals surface area (Å²) in [4.78, 5) is 2.46. The van der Waals surface area contributed by atoms with Gasteiger partial charge in [-0.1, -0.05) is 20.8 Å². The normalized spacial score (nSPS) is 32.3. The zero-order valence-electron chi connectivity index (χ0n) is 12.6. The molecule has 0 amide bonds. The van der Waals surface area contributed by atoms with E-state index in [0.29, 0.717) is 10.8 Å². The maximum atomic E-state index is 3.86. The standard InChI is InChI=1S/C15H30N2S/c1-14(2)9-13(10-18-12-14)16-11-15(3)5-7-17(4)8-6-15/h13,16H,5-12H2,1-4H3. The summed E-state index contributed by atoms with van der Waals surface area (Å²) in [6.07, 6.45) is 4.04. The fourth-order valence-corrected chi connectivity index (χ4v) is 4.43. The van der Waals surface area contributed by atoms with Crippen LogP contribution < -0.4 is 5.32 Å². The van der Waals surface area contributed by atoms with Crippen molar-refractivity contribution in [2.75, 3.05) is 38.2 Å². The molecule has 0 radical (unpaired) electrons. The summed E-state index contributed by atoms with van der Waals surface area (Å²) in [5.41, 5.74) is 1.05. The number of hydrogen-bond acceptors (Lipinski definition) is 3. The highest BCUT2D eigenvalue weighted by Crippen LogP contribution is 2.35. The van der Waals surface area contributed by atoms with Crippen molar-refractivity contribution < 1.29 is 0 Å². The Kier molecular flexibility index (Phi) is 4.66. The lowest BCUT2D eigenvalue weighted by Crippen LogP contribution is -2.47. The second-order valence-corrected chi connectivity index (χ2v) is 8.61. The molecule has 2 saturated heterocycles. The van der Waals surface area contributed by atoms with Crippen LogP contribution in [0.1, 0.15) is 40.0 Å². The van der Waals surface area contributed by atoms with Crippen LogP contribution >= 0.6 is 11.8 Å². The Bertz CT molecular complexity index is 270. The number of likely N-dealkylation sites (tertiary alicyclic amines) is 1. The molecule has 0 aromatic carbocycles. The van der Waals surface area contributed by atoms with E-state index < -0.39 is 0 Å². The molecule has 1 unspecified atom stereocenters. The number of piperidine rings is 1. The molecule has 2 nitrogen and oxygen atoms in total. The Morgan fingerprint density at radius 2 is 1.89 bits per heavy atom. The van der Waals surface area contributed by atoms with Crippen molar-refractivity contribution in [3.63, 3.8) is 0 Å². The summed E-state index contributed by atoms with van der Waals surface area (Å²) in [5, 5.41) is 3.86. The van der Waals surface area contributed by atoms with Gasteiger partial charge in [-0.25, -0.2) is 0 Å². The average Bonchev–Trinajstić information content (AvgIpc) is 2.30. The van der Waals surface area contributed by atoms with Gasteiger partial charge in [0.05, 0.1) is 0 Å². The van der Waals surface area contributed by atoms with Crippen LogP contribution in [0.15, 0.2) is 0 Å². The summed E-state index contributed by atoms with van der Waals surface area (Å²) < 4.78 is 0. The fourth-order valence-electron chi connectivity index (χ4n) is 3.12. The van der Waals surface area contributed by atoms with Gasteiger partial charge in [-0.3, -0.25) is 0 Å². The topological polar surface area (TPSA) is 15.3 Å². The molecule has 2 heterocycles. The van der Waals surface area contributed by atoms with Crippen LogP contribution in [0.25, 0.3) is 0 Å². The summed E-state index contributed by atoms with van der Waals surface area (Å²) in [5.74, 6) is 2.63. The van der Waals surface area contributed by atoms with E-state index in [1.807, 2.05) is 0 Å². The van der Waals surface area contributed by atoms with E-state index >= 15 is 0 Å². The van der Waals surface area contributed by atoms with Crippen molar-refractivity contribution in [2.24, 2.45) is 10.8 Å². The van der Waals surface area contributed by atoms with Gasteiger partial charge in [0.1, 0.15) is 0 Å².